The Hall–Kier alpha value is -2.62. The number of ether oxygens (including phenoxy) is 1. The molecule has 0 bridgehead atoms. The summed E-state index contributed by atoms with van der Waals surface area (Å²) in [6, 6.07) is 14.2. The van der Waals surface area contributed by atoms with E-state index in [9.17, 15) is 9.59 Å². The van der Waals surface area contributed by atoms with Crippen molar-refractivity contribution in [2.75, 3.05) is 11.9 Å². The van der Waals surface area contributed by atoms with Crippen molar-refractivity contribution in [2.45, 2.75) is 6.92 Å². The molecule has 0 aliphatic carbocycles. The van der Waals surface area contributed by atoms with E-state index >= 15 is 0 Å². The summed E-state index contributed by atoms with van der Waals surface area (Å²) < 4.78 is 5.34. The van der Waals surface area contributed by atoms with Crippen molar-refractivity contribution in [3.05, 3.63) is 59.7 Å². The van der Waals surface area contributed by atoms with Crippen LogP contribution >= 0.6 is 0 Å². The minimum Gasteiger partial charge on any atom is -0.484 e. The van der Waals surface area contributed by atoms with Crippen LogP contribution in [0.4, 0.5) is 5.69 Å². The van der Waals surface area contributed by atoms with Crippen LogP contribution < -0.4 is 10.1 Å². The molecular weight excluding hydrogens is 254 g/mol. The molecule has 0 spiro atoms. The molecule has 0 unspecified atom stereocenters. The van der Waals surface area contributed by atoms with Gasteiger partial charge in [-0.05, 0) is 36.8 Å². The Kier molecular flexibility index (Phi) is 4.50. The van der Waals surface area contributed by atoms with Gasteiger partial charge >= 0.3 is 0 Å². The van der Waals surface area contributed by atoms with Gasteiger partial charge in [0, 0.05) is 11.3 Å². The number of rotatable bonds is 5. The number of hydrogen-bond donors (Lipinski definition) is 1. The number of nitrogens with one attached hydrogen (secondary N) is 1. The van der Waals surface area contributed by atoms with E-state index in [2.05, 4.69) is 5.32 Å². The molecule has 102 valence electrons. The zero-order valence-corrected chi connectivity index (χ0v) is 11.1. The minimum atomic E-state index is -0.243. The molecule has 1 amide bonds. The average Bonchev–Trinajstić information content (AvgIpc) is 2.45. The van der Waals surface area contributed by atoms with Gasteiger partial charge in [0.25, 0.3) is 5.91 Å². The topological polar surface area (TPSA) is 55.4 Å². The molecule has 2 aromatic carbocycles. The zero-order chi connectivity index (χ0) is 14.4. The van der Waals surface area contributed by atoms with Gasteiger partial charge in [-0.2, -0.15) is 0 Å². The molecule has 2 rings (SSSR count). The second-order valence-corrected chi connectivity index (χ2v) is 4.40. The molecule has 1 N–H and O–H groups in total. The summed E-state index contributed by atoms with van der Waals surface area (Å²) in [7, 11) is 0. The lowest BCUT2D eigenvalue weighted by Crippen LogP contribution is -2.20. The van der Waals surface area contributed by atoms with Crippen LogP contribution in [0.15, 0.2) is 48.5 Å². The fraction of sp³-hybridized carbons (Fsp3) is 0.125. The van der Waals surface area contributed by atoms with E-state index in [0.29, 0.717) is 11.3 Å². The maximum Gasteiger partial charge on any atom is 0.262 e. The molecule has 20 heavy (non-hydrogen) atoms. The number of hydrogen-bond acceptors (Lipinski definition) is 3. The first-order chi connectivity index (χ1) is 9.67. The molecule has 0 aliphatic rings. The standard InChI is InChI=1S/C16H15NO3/c1-12-4-2-6-14(8-12)17-16(19)11-20-15-7-3-5-13(9-15)10-18/h2-10H,11H2,1H3,(H,17,19). The van der Waals surface area contributed by atoms with E-state index in [1.54, 1.807) is 24.3 Å². The Morgan fingerprint density at radius 3 is 2.75 bits per heavy atom. The lowest BCUT2D eigenvalue weighted by Gasteiger charge is -2.08. The lowest BCUT2D eigenvalue weighted by molar-refractivity contribution is -0.118. The van der Waals surface area contributed by atoms with E-state index < -0.39 is 0 Å². The normalized spacial score (nSPS) is 9.85. The zero-order valence-electron chi connectivity index (χ0n) is 11.1. The molecule has 0 aliphatic heterocycles. The van der Waals surface area contributed by atoms with Crippen molar-refractivity contribution >= 4 is 17.9 Å². The monoisotopic (exact) mass is 269 g/mol. The number of benzene rings is 2. The largest absolute Gasteiger partial charge is 0.484 e. The van der Waals surface area contributed by atoms with Gasteiger partial charge in [-0.25, -0.2) is 0 Å². The van der Waals surface area contributed by atoms with Crippen molar-refractivity contribution in [1.82, 2.24) is 0 Å². The van der Waals surface area contributed by atoms with Gasteiger partial charge in [0.05, 0.1) is 0 Å². The maximum absolute atomic E-state index is 11.7. The summed E-state index contributed by atoms with van der Waals surface area (Å²) in [6.07, 6.45) is 0.736. The van der Waals surface area contributed by atoms with Crippen molar-refractivity contribution in [2.24, 2.45) is 0 Å². The second-order valence-electron chi connectivity index (χ2n) is 4.40. The number of carbonyl (C=O) groups is 2. The Bertz CT molecular complexity index is 623. The smallest absolute Gasteiger partial charge is 0.262 e. The third kappa shape index (κ3) is 3.95. The van der Waals surface area contributed by atoms with Gasteiger partial charge in [-0.3, -0.25) is 9.59 Å². The number of anilines is 1. The van der Waals surface area contributed by atoms with Gasteiger partial charge in [0.1, 0.15) is 12.0 Å². The summed E-state index contributed by atoms with van der Waals surface area (Å²) in [5, 5.41) is 2.75. The van der Waals surface area contributed by atoms with E-state index in [0.717, 1.165) is 17.5 Å². The third-order valence-corrected chi connectivity index (χ3v) is 2.67. The highest BCUT2D eigenvalue weighted by Gasteiger charge is 2.04. The Balaban J connectivity index is 1.90. The van der Waals surface area contributed by atoms with E-state index in [1.165, 1.54) is 0 Å². The molecule has 2 aromatic rings. The second kappa shape index (κ2) is 6.52. The fourth-order valence-electron chi connectivity index (χ4n) is 1.75. The summed E-state index contributed by atoms with van der Waals surface area (Å²) in [5.41, 5.74) is 2.32. The quantitative estimate of drug-likeness (QED) is 0.849. The van der Waals surface area contributed by atoms with Crippen molar-refractivity contribution in [3.63, 3.8) is 0 Å². The molecule has 0 atom stereocenters. The summed E-state index contributed by atoms with van der Waals surface area (Å²) in [4.78, 5) is 22.4. The number of aryl methyl sites for hydroxylation is 1. The third-order valence-electron chi connectivity index (χ3n) is 2.67. The van der Waals surface area contributed by atoms with Crippen LogP contribution in [0.25, 0.3) is 0 Å². The molecule has 0 saturated carbocycles. The van der Waals surface area contributed by atoms with E-state index in [1.807, 2.05) is 31.2 Å². The number of carbonyl (C=O) groups excluding carboxylic acids is 2. The summed E-state index contributed by atoms with van der Waals surface area (Å²) >= 11 is 0. The van der Waals surface area contributed by atoms with Gasteiger partial charge < -0.3 is 10.1 Å². The molecule has 0 heterocycles. The first-order valence-corrected chi connectivity index (χ1v) is 6.22. The summed E-state index contributed by atoms with van der Waals surface area (Å²) in [5.74, 6) is 0.251. The van der Waals surface area contributed by atoms with Crippen LogP contribution in [0.5, 0.6) is 5.75 Å². The lowest BCUT2D eigenvalue weighted by atomic mass is 10.2. The van der Waals surface area contributed by atoms with Crippen LogP contribution in [0.1, 0.15) is 15.9 Å². The minimum absolute atomic E-state index is 0.101. The molecule has 4 nitrogen and oxygen atoms in total. The molecule has 0 radical (unpaired) electrons. The van der Waals surface area contributed by atoms with Gasteiger partial charge in [-0.15, -0.1) is 0 Å². The van der Waals surface area contributed by atoms with Crippen LogP contribution in [0.2, 0.25) is 0 Å². The van der Waals surface area contributed by atoms with Gasteiger partial charge in [-0.1, -0.05) is 24.3 Å². The van der Waals surface area contributed by atoms with Crippen LogP contribution in [-0.4, -0.2) is 18.8 Å². The Morgan fingerprint density at radius 2 is 2.00 bits per heavy atom. The van der Waals surface area contributed by atoms with Crippen molar-refractivity contribution in [3.8, 4) is 5.75 Å². The first kappa shape index (κ1) is 13.8. The summed E-state index contributed by atoms with van der Waals surface area (Å²) in [6.45, 7) is 1.85. The SMILES string of the molecule is Cc1cccc(NC(=O)COc2cccc(C=O)c2)c1. The average molecular weight is 269 g/mol. The Labute approximate surface area is 117 Å². The van der Waals surface area contributed by atoms with Crippen LogP contribution in [0, 0.1) is 6.92 Å². The highest BCUT2D eigenvalue weighted by atomic mass is 16.5. The van der Waals surface area contributed by atoms with Crippen molar-refractivity contribution < 1.29 is 14.3 Å². The van der Waals surface area contributed by atoms with Crippen LogP contribution in [0.3, 0.4) is 0 Å². The van der Waals surface area contributed by atoms with E-state index in [-0.39, 0.29) is 12.5 Å². The first-order valence-electron chi connectivity index (χ1n) is 6.22. The van der Waals surface area contributed by atoms with Gasteiger partial charge in [0.2, 0.25) is 0 Å². The van der Waals surface area contributed by atoms with Gasteiger partial charge in [0.15, 0.2) is 6.61 Å². The van der Waals surface area contributed by atoms with Crippen molar-refractivity contribution in [1.29, 1.82) is 0 Å². The maximum atomic E-state index is 11.7. The highest BCUT2D eigenvalue weighted by molar-refractivity contribution is 5.91. The molecule has 0 saturated heterocycles. The number of amides is 1. The molecular formula is C16H15NO3. The predicted octanol–water partition coefficient (Wildman–Crippen LogP) is 2.83. The number of aldehydes is 1. The fourth-order valence-corrected chi connectivity index (χ4v) is 1.75. The predicted molar refractivity (Wildman–Crippen MR) is 77.1 cm³/mol. The molecule has 4 heteroatoms. The Morgan fingerprint density at radius 1 is 1.20 bits per heavy atom. The molecule has 0 aromatic heterocycles. The van der Waals surface area contributed by atoms with E-state index in [4.69, 9.17) is 4.74 Å². The molecule has 0 fully saturated rings. The highest BCUT2D eigenvalue weighted by Crippen LogP contribution is 2.13. The van der Waals surface area contributed by atoms with Crippen LogP contribution in [-0.2, 0) is 4.79 Å².